The first kappa shape index (κ1) is 22.8. The molecule has 0 aliphatic carbocycles. The van der Waals surface area contributed by atoms with E-state index in [1.807, 2.05) is 18.2 Å². The number of thiophene rings is 1. The highest BCUT2D eigenvalue weighted by molar-refractivity contribution is 7.17. The molecule has 8 heteroatoms. The van der Waals surface area contributed by atoms with Crippen LogP contribution in [0.3, 0.4) is 0 Å². The van der Waals surface area contributed by atoms with Gasteiger partial charge in [-0.15, -0.1) is 11.3 Å². The molecule has 1 aliphatic heterocycles. The molecule has 0 radical (unpaired) electrons. The summed E-state index contributed by atoms with van der Waals surface area (Å²) >= 11 is 13.5. The van der Waals surface area contributed by atoms with E-state index in [-0.39, 0.29) is 12.5 Å². The Balaban J connectivity index is 1.61. The maximum atomic E-state index is 12.9. The number of carbonyl (C=O) groups excluding carboxylic acids is 2. The Morgan fingerprint density at radius 1 is 1.12 bits per heavy atom. The summed E-state index contributed by atoms with van der Waals surface area (Å²) in [6.45, 7) is 4.39. The van der Waals surface area contributed by atoms with Crippen molar-refractivity contribution in [2.24, 2.45) is 0 Å². The number of nitrogens with one attached hydrogen (secondary N) is 1. The smallest absolute Gasteiger partial charge is 0.341 e. The normalized spacial score (nSPS) is 13.5. The van der Waals surface area contributed by atoms with Gasteiger partial charge < -0.3 is 10.1 Å². The SMILES string of the molecule is CCOC(=O)c1c(NC(=O)c2cc(Cl)cc(Cl)c2)sc2c1CCN(Cc1ccccc1)C2. The van der Waals surface area contributed by atoms with E-state index in [0.29, 0.717) is 39.1 Å². The predicted molar refractivity (Wildman–Crippen MR) is 129 cm³/mol. The van der Waals surface area contributed by atoms with Gasteiger partial charge in [0.15, 0.2) is 0 Å². The third kappa shape index (κ3) is 5.15. The van der Waals surface area contributed by atoms with Gasteiger partial charge in [-0.1, -0.05) is 53.5 Å². The lowest BCUT2D eigenvalue weighted by atomic mass is 10.0. The fraction of sp³-hybridized carbons (Fsp3) is 0.250. The number of hydrogen-bond acceptors (Lipinski definition) is 5. The van der Waals surface area contributed by atoms with Crippen LogP contribution in [0.1, 0.15) is 43.6 Å². The zero-order valence-corrected chi connectivity index (χ0v) is 19.8. The van der Waals surface area contributed by atoms with Gasteiger partial charge in [0.2, 0.25) is 0 Å². The Morgan fingerprint density at radius 3 is 2.53 bits per heavy atom. The quantitative estimate of drug-likeness (QED) is 0.429. The third-order valence-corrected chi connectivity index (χ3v) is 6.78. The lowest BCUT2D eigenvalue weighted by Crippen LogP contribution is -2.29. The number of halogens is 2. The fourth-order valence-electron chi connectivity index (χ4n) is 3.80. The van der Waals surface area contributed by atoms with Crippen molar-refractivity contribution >= 4 is 51.4 Å². The van der Waals surface area contributed by atoms with Crippen molar-refractivity contribution < 1.29 is 14.3 Å². The molecule has 32 heavy (non-hydrogen) atoms. The van der Waals surface area contributed by atoms with Gasteiger partial charge in [0, 0.05) is 40.1 Å². The summed E-state index contributed by atoms with van der Waals surface area (Å²) in [5, 5.41) is 4.12. The lowest BCUT2D eigenvalue weighted by Gasteiger charge is -2.27. The first-order chi connectivity index (χ1) is 15.4. The summed E-state index contributed by atoms with van der Waals surface area (Å²) in [6.07, 6.45) is 0.714. The largest absolute Gasteiger partial charge is 0.462 e. The van der Waals surface area contributed by atoms with Gasteiger partial charge in [0.1, 0.15) is 5.00 Å². The summed E-state index contributed by atoms with van der Waals surface area (Å²) in [4.78, 5) is 29.1. The molecule has 0 unspecified atom stereocenters. The van der Waals surface area contributed by atoms with Gasteiger partial charge in [0.25, 0.3) is 5.91 Å². The van der Waals surface area contributed by atoms with E-state index >= 15 is 0 Å². The molecule has 1 N–H and O–H groups in total. The van der Waals surface area contributed by atoms with E-state index in [1.165, 1.54) is 16.9 Å². The molecule has 4 rings (SSSR count). The Kier molecular flexibility index (Phi) is 7.16. The Labute approximate surface area is 200 Å². The first-order valence-electron chi connectivity index (χ1n) is 10.3. The number of esters is 1. The molecule has 0 saturated carbocycles. The first-order valence-corrected chi connectivity index (χ1v) is 11.9. The number of amides is 1. The Hall–Kier alpha value is -2.38. The van der Waals surface area contributed by atoms with Crippen molar-refractivity contribution in [2.45, 2.75) is 26.4 Å². The van der Waals surface area contributed by atoms with Crippen LogP contribution in [0.2, 0.25) is 10.0 Å². The minimum Gasteiger partial charge on any atom is -0.462 e. The van der Waals surface area contributed by atoms with Crippen LogP contribution in [0.4, 0.5) is 5.00 Å². The molecule has 166 valence electrons. The summed E-state index contributed by atoms with van der Waals surface area (Å²) in [5.74, 6) is -0.791. The van der Waals surface area contributed by atoms with Crippen LogP contribution < -0.4 is 5.32 Å². The van der Waals surface area contributed by atoms with Crippen LogP contribution >= 0.6 is 34.5 Å². The van der Waals surface area contributed by atoms with Gasteiger partial charge in [-0.3, -0.25) is 9.69 Å². The van der Waals surface area contributed by atoms with Crippen molar-refractivity contribution in [1.82, 2.24) is 4.90 Å². The fourth-order valence-corrected chi connectivity index (χ4v) is 5.60. The molecular weight excluding hydrogens is 467 g/mol. The number of ether oxygens (including phenoxy) is 1. The number of nitrogens with zero attached hydrogens (tertiary/aromatic N) is 1. The highest BCUT2D eigenvalue weighted by atomic mass is 35.5. The third-order valence-electron chi connectivity index (χ3n) is 5.22. The van der Waals surface area contributed by atoms with Gasteiger partial charge in [-0.25, -0.2) is 4.79 Å². The number of benzene rings is 2. The molecule has 3 aromatic rings. The van der Waals surface area contributed by atoms with Gasteiger partial charge in [0.05, 0.1) is 12.2 Å². The average molecular weight is 489 g/mol. The molecule has 1 amide bonds. The van der Waals surface area contributed by atoms with E-state index in [1.54, 1.807) is 25.1 Å². The molecule has 0 bridgehead atoms. The van der Waals surface area contributed by atoms with Gasteiger partial charge in [-0.05, 0) is 42.7 Å². The van der Waals surface area contributed by atoms with E-state index in [4.69, 9.17) is 27.9 Å². The Bertz CT molecular complexity index is 1130. The van der Waals surface area contributed by atoms with Crippen molar-refractivity contribution in [3.63, 3.8) is 0 Å². The van der Waals surface area contributed by atoms with E-state index in [9.17, 15) is 9.59 Å². The molecule has 1 aromatic heterocycles. The molecule has 0 fully saturated rings. The predicted octanol–water partition coefficient (Wildman–Crippen LogP) is 6.04. The van der Waals surface area contributed by atoms with E-state index < -0.39 is 5.97 Å². The number of fused-ring (bicyclic) bond motifs is 1. The second-order valence-corrected chi connectivity index (χ2v) is 9.46. The number of hydrogen-bond donors (Lipinski definition) is 1. The molecule has 0 saturated heterocycles. The van der Waals surface area contributed by atoms with Crippen LogP contribution in [-0.2, 0) is 24.2 Å². The van der Waals surface area contributed by atoms with Gasteiger partial charge >= 0.3 is 5.97 Å². The summed E-state index contributed by atoms with van der Waals surface area (Å²) in [7, 11) is 0. The summed E-state index contributed by atoms with van der Waals surface area (Å²) < 4.78 is 5.30. The van der Waals surface area contributed by atoms with Crippen molar-refractivity contribution in [1.29, 1.82) is 0 Å². The highest BCUT2D eigenvalue weighted by Crippen LogP contribution is 2.38. The second kappa shape index (κ2) is 10.0. The standard InChI is InChI=1S/C24H22Cl2N2O3S/c1-2-31-24(30)21-19-8-9-28(13-15-6-4-3-5-7-15)14-20(19)32-23(21)27-22(29)16-10-17(25)12-18(26)11-16/h3-7,10-12H,2,8-9,13-14H2,1H3,(H,27,29). The molecule has 2 heterocycles. The topological polar surface area (TPSA) is 58.6 Å². The number of anilines is 1. The van der Waals surface area contributed by atoms with E-state index in [2.05, 4.69) is 22.3 Å². The van der Waals surface area contributed by atoms with Crippen LogP contribution in [0.15, 0.2) is 48.5 Å². The van der Waals surface area contributed by atoms with Crippen LogP contribution in [0.5, 0.6) is 0 Å². The second-order valence-electron chi connectivity index (χ2n) is 7.49. The molecule has 1 aliphatic rings. The van der Waals surface area contributed by atoms with E-state index in [0.717, 1.165) is 23.5 Å². The lowest BCUT2D eigenvalue weighted by molar-refractivity contribution is 0.0526. The summed E-state index contributed by atoms with van der Waals surface area (Å²) in [6, 6.07) is 14.9. The van der Waals surface area contributed by atoms with Crippen molar-refractivity contribution in [2.75, 3.05) is 18.5 Å². The zero-order chi connectivity index (χ0) is 22.7. The molecule has 0 atom stereocenters. The minimum absolute atomic E-state index is 0.265. The molecule has 0 spiro atoms. The zero-order valence-electron chi connectivity index (χ0n) is 17.5. The van der Waals surface area contributed by atoms with Crippen molar-refractivity contribution in [3.05, 3.63) is 85.7 Å². The monoisotopic (exact) mass is 488 g/mol. The highest BCUT2D eigenvalue weighted by Gasteiger charge is 2.29. The van der Waals surface area contributed by atoms with Crippen LogP contribution in [0.25, 0.3) is 0 Å². The summed E-state index contributed by atoms with van der Waals surface area (Å²) in [5.41, 5.74) is 2.98. The van der Waals surface area contributed by atoms with Crippen LogP contribution in [-0.4, -0.2) is 29.9 Å². The van der Waals surface area contributed by atoms with Crippen LogP contribution in [0, 0.1) is 0 Å². The van der Waals surface area contributed by atoms with Gasteiger partial charge in [-0.2, -0.15) is 0 Å². The Morgan fingerprint density at radius 2 is 1.84 bits per heavy atom. The minimum atomic E-state index is -0.416. The number of rotatable bonds is 6. The molecule has 2 aromatic carbocycles. The van der Waals surface area contributed by atoms with Crippen molar-refractivity contribution in [3.8, 4) is 0 Å². The average Bonchev–Trinajstić information content (AvgIpc) is 3.11. The maximum absolute atomic E-state index is 12.9. The maximum Gasteiger partial charge on any atom is 0.341 e. The molecular formula is C24H22Cl2N2O3S. The molecule has 5 nitrogen and oxygen atoms in total. The number of carbonyl (C=O) groups is 2.